The highest BCUT2D eigenvalue weighted by Crippen LogP contribution is 2.32. The SMILES string of the molecule is CCN(Cc1ccc2c(c1)OCO2)C(=O)/C=C/c1ccc2c(c1)CCO2. The van der Waals surface area contributed by atoms with E-state index in [4.69, 9.17) is 14.2 Å². The molecule has 26 heavy (non-hydrogen) atoms. The molecular formula is C21H21NO4. The predicted octanol–water partition coefficient (Wildman–Crippen LogP) is 3.41. The van der Waals surface area contributed by atoms with Gasteiger partial charge in [0.25, 0.3) is 0 Å². The number of nitrogens with zero attached hydrogens (tertiary/aromatic N) is 1. The van der Waals surface area contributed by atoms with Crippen LogP contribution in [-0.4, -0.2) is 30.8 Å². The van der Waals surface area contributed by atoms with Gasteiger partial charge < -0.3 is 19.1 Å². The maximum absolute atomic E-state index is 12.6. The zero-order chi connectivity index (χ0) is 17.9. The maximum atomic E-state index is 12.6. The summed E-state index contributed by atoms with van der Waals surface area (Å²) in [5.41, 5.74) is 3.24. The number of carbonyl (C=O) groups excluding carboxylic acids is 1. The smallest absolute Gasteiger partial charge is 0.246 e. The Morgan fingerprint density at radius 2 is 1.92 bits per heavy atom. The van der Waals surface area contributed by atoms with E-state index in [1.54, 1.807) is 11.0 Å². The molecule has 0 unspecified atom stereocenters. The normalized spacial score (nSPS) is 14.3. The molecule has 0 bridgehead atoms. The van der Waals surface area contributed by atoms with Crippen LogP contribution in [0.25, 0.3) is 6.08 Å². The zero-order valence-corrected chi connectivity index (χ0v) is 14.7. The fourth-order valence-electron chi connectivity index (χ4n) is 3.19. The summed E-state index contributed by atoms with van der Waals surface area (Å²) in [5, 5.41) is 0. The molecule has 0 saturated carbocycles. The van der Waals surface area contributed by atoms with Gasteiger partial charge in [-0.3, -0.25) is 4.79 Å². The quantitative estimate of drug-likeness (QED) is 0.775. The largest absolute Gasteiger partial charge is 0.493 e. The molecule has 4 rings (SSSR count). The molecule has 0 N–H and O–H groups in total. The molecule has 0 atom stereocenters. The fraction of sp³-hybridized carbons (Fsp3) is 0.286. The number of hydrogen-bond acceptors (Lipinski definition) is 4. The van der Waals surface area contributed by atoms with Crippen molar-refractivity contribution in [3.8, 4) is 17.2 Å². The first-order valence-electron chi connectivity index (χ1n) is 8.84. The van der Waals surface area contributed by atoms with Crippen molar-refractivity contribution in [1.82, 2.24) is 4.90 Å². The van der Waals surface area contributed by atoms with Crippen molar-refractivity contribution < 1.29 is 19.0 Å². The molecule has 5 heteroatoms. The Morgan fingerprint density at radius 3 is 2.81 bits per heavy atom. The number of ether oxygens (including phenoxy) is 3. The Bertz CT molecular complexity index is 859. The molecule has 2 aliphatic heterocycles. The molecule has 2 aromatic carbocycles. The van der Waals surface area contributed by atoms with Gasteiger partial charge in [0.15, 0.2) is 11.5 Å². The number of benzene rings is 2. The second kappa shape index (κ2) is 7.12. The minimum absolute atomic E-state index is 0.0121. The summed E-state index contributed by atoms with van der Waals surface area (Å²) in [6.07, 6.45) is 4.42. The Hall–Kier alpha value is -2.95. The summed E-state index contributed by atoms with van der Waals surface area (Å²) in [7, 11) is 0. The van der Waals surface area contributed by atoms with Crippen LogP contribution in [0.15, 0.2) is 42.5 Å². The minimum Gasteiger partial charge on any atom is -0.493 e. The van der Waals surface area contributed by atoms with Gasteiger partial charge in [-0.05, 0) is 54.0 Å². The molecule has 2 aliphatic rings. The van der Waals surface area contributed by atoms with E-state index in [0.29, 0.717) is 13.1 Å². The van der Waals surface area contributed by atoms with E-state index in [9.17, 15) is 4.79 Å². The van der Waals surface area contributed by atoms with Crippen LogP contribution in [0.1, 0.15) is 23.6 Å². The van der Waals surface area contributed by atoms with Crippen LogP contribution in [0, 0.1) is 0 Å². The van der Waals surface area contributed by atoms with Crippen molar-refractivity contribution in [3.05, 3.63) is 59.2 Å². The third kappa shape index (κ3) is 3.38. The van der Waals surface area contributed by atoms with Crippen molar-refractivity contribution in [2.45, 2.75) is 19.9 Å². The lowest BCUT2D eigenvalue weighted by atomic mass is 10.1. The lowest BCUT2D eigenvalue weighted by Gasteiger charge is -2.19. The fourth-order valence-corrected chi connectivity index (χ4v) is 3.19. The number of likely N-dealkylation sites (N-methyl/N-ethyl adjacent to an activating group) is 1. The molecule has 0 spiro atoms. The Kier molecular flexibility index (Phi) is 4.52. The lowest BCUT2D eigenvalue weighted by Crippen LogP contribution is -2.28. The second-order valence-electron chi connectivity index (χ2n) is 6.34. The first-order valence-corrected chi connectivity index (χ1v) is 8.84. The van der Waals surface area contributed by atoms with Gasteiger partial charge in [-0.15, -0.1) is 0 Å². The highest BCUT2D eigenvalue weighted by Gasteiger charge is 2.16. The molecule has 0 aliphatic carbocycles. The molecule has 1 amide bonds. The molecule has 0 fully saturated rings. The highest BCUT2D eigenvalue weighted by atomic mass is 16.7. The number of amides is 1. The van der Waals surface area contributed by atoms with Gasteiger partial charge in [0.2, 0.25) is 12.7 Å². The summed E-state index contributed by atoms with van der Waals surface area (Å²) in [4.78, 5) is 14.4. The van der Waals surface area contributed by atoms with E-state index in [1.165, 1.54) is 5.56 Å². The minimum atomic E-state index is -0.0121. The van der Waals surface area contributed by atoms with Crippen LogP contribution in [0.2, 0.25) is 0 Å². The summed E-state index contributed by atoms with van der Waals surface area (Å²) in [6, 6.07) is 11.8. The van der Waals surface area contributed by atoms with Gasteiger partial charge >= 0.3 is 0 Å². The molecule has 134 valence electrons. The van der Waals surface area contributed by atoms with Crippen LogP contribution in [-0.2, 0) is 17.8 Å². The lowest BCUT2D eigenvalue weighted by molar-refractivity contribution is -0.126. The number of rotatable bonds is 5. The van der Waals surface area contributed by atoms with Crippen molar-refractivity contribution >= 4 is 12.0 Å². The van der Waals surface area contributed by atoms with Gasteiger partial charge in [0.05, 0.1) is 6.61 Å². The van der Waals surface area contributed by atoms with E-state index >= 15 is 0 Å². The van der Waals surface area contributed by atoms with Gasteiger partial charge in [-0.25, -0.2) is 0 Å². The van der Waals surface area contributed by atoms with Crippen LogP contribution in [0.5, 0.6) is 17.2 Å². The van der Waals surface area contributed by atoms with Crippen LogP contribution < -0.4 is 14.2 Å². The van der Waals surface area contributed by atoms with Gasteiger partial charge in [0, 0.05) is 25.6 Å². The predicted molar refractivity (Wildman–Crippen MR) is 98.3 cm³/mol. The van der Waals surface area contributed by atoms with E-state index in [-0.39, 0.29) is 12.7 Å². The van der Waals surface area contributed by atoms with Gasteiger partial charge in [0.1, 0.15) is 5.75 Å². The summed E-state index contributed by atoms with van der Waals surface area (Å²) in [6.45, 7) is 4.14. The molecule has 0 saturated heterocycles. The first kappa shape index (κ1) is 16.5. The summed E-state index contributed by atoms with van der Waals surface area (Å²) in [5.74, 6) is 2.43. The molecule has 2 aromatic rings. The standard InChI is InChI=1S/C21H21NO4/c1-2-22(13-16-4-7-19-20(12-16)26-14-25-19)21(23)8-5-15-3-6-18-17(11-15)9-10-24-18/h3-8,11-12H,2,9-10,13-14H2,1H3/b8-5+. The number of fused-ring (bicyclic) bond motifs is 2. The highest BCUT2D eigenvalue weighted by molar-refractivity contribution is 5.91. The Balaban J connectivity index is 1.43. The van der Waals surface area contributed by atoms with E-state index in [0.717, 1.165) is 41.4 Å². The average Bonchev–Trinajstić information content (AvgIpc) is 3.32. The number of hydrogen-bond donors (Lipinski definition) is 0. The third-order valence-corrected chi connectivity index (χ3v) is 4.64. The second-order valence-corrected chi connectivity index (χ2v) is 6.34. The van der Waals surface area contributed by atoms with Gasteiger partial charge in [-0.1, -0.05) is 12.1 Å². The molecule has 0 aromatic heterocycles. The van der Waals surface area contributed by atoms with Crippen LogP contribution >= 0.6 is 0 Å². The zero-order valence-electron chi connectivity index (χ0n) is 14.7. The van der Waals surface area contributed by atoms with Crippen LogP contribution in [0.4, 0.5) is 0 Å². The summed E-state index contributed by atoms with van der Waals surface area (Å²) >= 11 is 0. The van der Waals surface area contributed by atoms with Crippen molar-refractivity contribution in [2.75, 3.05) is 19.9 Å². The number of carbonyl (C=O) groups is 1. The van der Waals surface area contributed by atoms with Crippen molar-refractivity contribution in [1.29, 1.82) is 0 Å². The first-order chi connectivity index (χ1) is 12.7. The summed E-state index contributed by atoms with van der Waals surface area (Å²) < 4.78 is 16.2. The van der Waals surface area contributed by atoms with Crippen LogP contribution in [0.3, 0.4) is 0 Å². The third-order valence-electron chi connectivity index (χ3n) is 4.64. The molecule has 5 nitrogen and oxygen atoms in total. The molecule has 2 heterocycles. The van der Waals surface area contributed by atoms with E-state index < -0.39 is 0 Å². The molecule has 0 radical (unpaired) electrons. The Morgan fingerprint density at radius 1 is 1.08 bits per heavy atom. The van der Waals surface area contributed by atoms with E-state index in [2.05, 4.69) is 6.07 Å². The van der Waals surface area contributed by atoms with Crippen molar-refractivity contribution in [3.63, 3.8) is 0 Å². The average molecular weight is 351 g/mol. The Labute approximate surface area is 152 Å². The molecular weight excluding hydrogens is 330 g/mol. The topological polar surface area (TPSA) is 48.0 Å². The van der Waals surface area contributed by atoms with Crippen molar-refractivity contribution in [2.24, 2.45) is 0 Å². The maximum Gasteiger partial charge on any atom is 0.246 e. The van der Waals surface area contributed by atoms with Gasteiger partial charge in [-0.2, -0.15) is 0 Å². The van der Waals surface area contributed by atoms with E-state index in [1.807, 2.05) is 43.3 Å². The monoisotopic (exact) mass is 351 g/mol.